The molecule has 1 saturated heterocycles. The topological polar surface area (TPSA) is 66.5 Å². The smallest absolute Gasteiger partial charge is 0.205 e. The molecule has 6 nitrogen and oxygen atoms in total. The SMILES string of the molecule is COc1cc(C2OC23COc2ccccc2C3=O)cc(OC)c1OC. The minimum Gasteiger partial charge on any atom is -0.493 e. The first-order valence-electron chi connectivity index (χ1n) is 7.89. The molecule has 2 aromatic carbocycles. The first-order valence-corrected chi connectivity index (χ1v) is 7.89. The Morgan fingerprint density at radius 1 is 1.04 bits per heavy atom. The predicted octanol–water partition coefficient (Wildman–Crippen LogP) is 2.80. The van der Waals surface area contributed by atoms with E-state index in [2.05, 4.69) is 0 Å². The van der Waals surface area contributed by atoms with Gasteiger partial charge in [0, 0.05) is 0 Å². The zero-order chi connectivity index (χ0) is 17.6. The molecule has 2 aliphatic heterocycles. The quantitative estimate of drug-likeness (QED) is 0.796. The van der Waals surface area contributed by atoms with Gasteiger partial charge in [-0.1, -0.05) is 12.1 Å². The molecule has 0 N–H and O–H groups in total. The molecule has 0 saturated carbocycles. The van der Waals surface area contributed by atoms with E-state index in [1.54, 1.807) is 45.6 Å². The standard InChI is InChI=1S/C19H18O6/c1-21-14-8-11(9-15(22-2)16(14)23-3)18-19(25-18)10-24-13-7-5-4-6-12(13)17(19)20/h4-9,18H,10H2,1-3H3. The second kappa shape index (κ2) is 5.67. The van der Waals surface area contributed by atoms with E-state index in [-0.39, 0.29) is 12.4 Å². The van der Waals surface area contributed by atoms with Crippen molar-refractivity contribution < 1.29 is 28.5 Å². The van der Waals surface area contributed by atoms with Gasteiger partial charge in [-0.25, -0.2) is 0 Å². The van der Waals surface area contributed by atoms with E-state index in [0.29, 0.717) is 28.6 Å². The summed E-state index contributed by atoms with van der Waals surface area (Å²) in [6.45, 7) is 0.185. The molecule has 6 heteroatoms. The first-order chi connectivity index (χ1) is 12.1. The van der Waals surface area contributed by atoms with Gasteiger partial charge >= 0.3 is 0 Å². The molecule has 2 atom stereocenters. The largest absolute Gasteiger partial charge is 0.493 e. The Bertz CT molecular complexity index is 821. The van der Waals surface area contributed by atoms with Crippen LogP contribution in [-0.4, -0.2) is 39.3 Å². The molecular formula is C19H18O6. The van der Waals surface area contributed by atoms with Crippen LogP contribution in [0.4, 0.5) is 0 Å². The van der Waals surface area contributed by atoms with Gasteiger partial charge in [0.25, 0.3) is 0 Å². The number of hydrogen-bond acceptors (Lipinski definition) is 6. The highest BCUT2D eigenvalue weighted by molar-refractivity contribution is 6.08. The fraction of sp³-hybridized carbons (Fsp3) is 0.316. The number of methoxy groups -OCH3 is 3. The molecular weight excluding hydrogens is 324 g/mol. The second-order valence-corrected chi connectivity index (χ2v) is 5.96. The number of Topliss-reactive ketones (excluding diaryl/α,β-unsaturated/α-hetero) is 1. The number of ketones is 1. The van der Waals surface area contributed by atoms with Gasteiger partial charge in [0.1, 0.15) is 18.5 Å². The molecule has 0 aliphatic carbocycles. The lowest BCUT2D eigenvalue weighted by Crippen LogP contribution is -2.37. The van der Waals surface area contributed by atoms with Crippen molar-refractivity contribution in [3.8, 4) is 23.0 Å². The van der Waals surface area contributed by atoms with E-state index >= 15 is 0 Å². The third kappa shape index (κ3) is 2.25. The summed E-state index contributed by atoms with van der Waals surface area (Å²) in [6, 6.07) is 10.8. The van der Waals surface area contributed by atoms with Crippen LogP contribution < -0.4 is 18.9 Å². The number of fused-ring (bicyclic) bond motifs is 1. The Morgan fingerprint density at radius 2 is 1.72 bits per heavy atom. The molecule has 2 aliphatic rings. The van der Waals surface area contributed by atoms with Crippen molar-refractivity contribution in [2.75, 3.05) is 27.9 Å². The summed E-state index contributed by atoms with van der Waals surface area (Å²) in [6.07, 6.45) is -0.415. The van der Waals surface area contributed by atoms with Gasteiger partial charge in [0.05, 0.1) is 26.9 Å². The molecule has 0 amide bonds. The normalized spacial score (nSPS) is 23.6. The van der Waals surface area contributed by atoms with Gasteiger partial charge in [-0.15, -0.1) is 0 Å². The molecule has 0 radical (unpaired) electrons. The molecule has 4 rings (SSSR count). The Labute approximate surface area is 145 Å². The summed E-state index contributed by atoms with van der Waals surface area (Å²) in [5, 5.41) is 0. The molecule has 0 aromatic heterocycles. The predicted molar refractivity (Wildman–Crippen MR) is 88.9 cm³/mol. The highest BCUT2D eigenvalue weighted by Crippen LogP contribution is 2.56. The fourth-order valence-electron chi connectivity index (χ4n) is 3.31. The molecule has 130 valence electrons. The van der Waals surface area contributed by atoms with Crippen LogP contribution in [0.5, 0.6) is 23.0 Å². The van der Waals surface area contributed by atoms with E-state index < -0.39 is 11.7 Å². The van der Waals surface area contributed by atoms with E-state index in [1.807, 2.05) is 12.1 Å². The number of epoxide rings is 1. The van der Waals surface area contributed by atoms with Gasteiger partial charge in [0.2, 0.25) is 11.5 Å². The number of carbonyl (C=O) groups is 1. The van der Waals surface area contributed by atoms with E-state index in [1.165, 1.54) is 0 Å². The number of para-hydroxylation sites is 1. The lowest BCUT2D eigenvalue weighted by molar-refractivity contribution is 0.0755. The zero-order valence-electron chi connectivity index (χ0n) is 14.2. The van der Waals surface area contributed by atoms with Crippen molar-refractivity contribution in [2.45, 2.75) is 11.7 Å². The average Bonchev–Trinajstić information content (AvgIpc) is 3.39. The van der Waals surface area contributed by atoms with Gasteiger partial charge in [-0.3, -0.25) is 4.79 Å². The Balaban J connectivity index is 1.71. The number of hydrogen-bond donors (Lipinski definition) is 0. The van der Waals surface area contributed by atoms with Crippen LogP contribution in [0.15, 0.2) is 36.4 Å². The lowest BCUT2D eigenvalue weighted by Gasteiger charge is -2.22. The molecule has 2 heterocycles. The van der Waals surface area contributed by atoms with Crippen LogP contribution in [0, 0.1) is 0 Å². The fourth-order valence-corrected chi connectivity index (χ4v) is 3.31. The molecule has 2 unspecified atom stereocenters. The van der Waals surface area contributed by atoms with E-state index in [4.69, 9.17) is 23.7 Å². The first kappa shape index (κ1) is 15.8. The number of ether oxygens (including phenoxy) is 5. The summed E-state index contributed by atoms with van der Waals surface area (Å²) in [5.41, 5.74) is 0.341. The van der Waals surface area contributed by atoms with Crippen LogP contribution >= 0.6 is 0 Å². The van der Waals surface area contributed by atoms with Crippen LogP contribution in [0.1, 0.15) is 22.0 Å². The summed E-state index contributed by atoms with van der Waals surface area (Å²) < 4.78 is 27.7. The molecule has 2 aromatic rings. The summed E-state index contributed by atoms with van der Waals surface area (Å²) in [7, 11) is 4.65. The maximum Gasteiger partial charge on any atom is 0.205 e. The zero-order valence-corrected chi connectivity index (χ0v) is 14.2. The van der Waals surface area contributed by atoms with Crippen molar-refractivity contribution in [1.82, 2.24) is 0 Å². The van der Waals surface area contributed by atoms with Gasteiger partial charge in [-0.2, -0.15) is 0 Å². The number of benzene rings is 2. The molecule has 1 fully saturated rings. The van der Waals surface area contributed by atoms with Gasteiger partial charge in [0.15, 0.2) is 17.1 Å². The summed E-state index contributed by atoms with van der Waals surface area (Å²) in [4.78, 5) is 12.9. The van der Waals surface area contributed by atoms with Crippen LogP contribution in [0.3, 0.4) is 0 Å². The van der Waals surface area contributed by atoms with Crippen LogP contribution in [0.2, 0.25) is 0 Å². The minimum atomic E-state index is -0.987. The Kier molecular flexibility index (Phi) is 3.58. The summed E-state index contributed by atoms with van der Waals surface area (Å²) >= 11 is 0. The van der Waals surface area contributed by atoms with Crippen molar-refractivity contribution in [3.05, 3.63) is 47.5 Å². The van der Waals surface area contributed by atoms with Gasteiger partial charge < -0.3 is 23.7 Å². The van der Waals surface area contributed by atoms with Crippen molar-refractivity contribution >= 4 is 5.78 Å². The summed E-state index contributed by atoms with van der Waals surface area (Å²) in [5.74, 6) is 2.07. The average molecular weight is 342 g/mol. The second-order valence-electron chi connectivity index (χ2n) is 5.96. The maximum atomic E-state index is 12.9. The minimum absolute atomic E-state index is 0.0619. The van der Waals surface area contributed by atoms with Crippen LogP contribution in [-0.2, 0) is 4.74 Å². The molecule has 1 spiro atoms. The molecule has 25 heavy (non-hydrogen) atoms. The third-order valence-electron chi connectivity index (χ3n) is 4.64. The highest BCUT2D eigenvalue weighted by Gasteiger charge is 2.66. The van der Waals surface area contributed by atoms with Crippen LogP contribution in [0.25, 0.3) is 0 Å². The lowest BCUT2D eigenvalue weighted by atomic mass is 9.89. The number of carbonyl (C=O) groups excluding carboxylic acids is 1. The van der Waals surface area contributed by atoms with E-state index in [0.717, 1.165) is 5.56 Å². The Morgan fingerprint density at radius 3 is 2.36 bits per heavy atom. The van der Waals surface area contributed by atoms with Crippen molar-refractivity contribution in [2.24, 2.45) is 0 Å². The number of rotatable bonds is 4. The third-order valence-corrected chi connectivity index (χ3v) is 4.64. The maximum absolute atomic E-state index is 12.9. The highest BCUT2D eigenvalue weighted by atomic mass is 16.6. The van der Waals surface area contributed by atoms with Crippen molar-refractivity contribution in [1.29, 1.82) is 0 Å². The molecule has 0 bridgehead atoms. The Hall–Kier alpha value is -2.73. The van der Waals surface area contributed by atoms with Crippen molar-refractivity contribution in [3.63, 3.8) is 0 Å². The van der Waals surface area contributed by atoms with E-state index in [9.17, 15) is 4.79 Å². The monoisotopic (exact) mass is 342 g/mol. The van der Waals surface area contributed by atoms with Gasteiger partial charge in [-0.05, 0) is 29.8 Å².